The van der Waals surface area contributed by atoms with Crippen LogP contribution in [0.4, 0.5) is 0 Å². The molecule has 1 saturated heterocycles. The number of aromatic nitrogens is 2. The van der Waals surface area contributed by atoms with Crippen LogP contribution in [0.3, 0.4) is 0 Å². The minimum atomic E-state index is 0.0592. The Labute approximate surface area is 150 Å². The second kappa shape index (κ2) is 8.32. The van der Waals surface area contributed by atoms with Crippen LogP contribution < -0.4 is 5.32 Å². The zero-order valence-electron chi connectivity index (χ0n) is 15.8. The number of nitrogens with zero attached hydrogens (tertiary/aromatic N) is 3. The Kier molecular flexibility index (Phi) is 6.12. The van der Waals surface area contributed by atoms with E-state index in [1.54, 1.807) is 0 Å². The number of unbranched alkanes of at least 4 members (excludes halogenated alkanes) is 1. The minimum Gasteiger partial charge on any atom is -0.371 e. The van der Waals surface area contributed by atoms with E-state index < -0.39 is 0 Å². The summed E-state index contributed by atoms with van der Waals surface area (Å²) in [5.41, 5.74) is 0.593. The Morgan fingerprint density at radius 2 is 2.24 bits per heavy atom. The molecule has 0 aromatic carbocycles. The molecule has 6 heteroatoms. The number of hydrogen-bond acceptors (Lipinski definition) is 4. The highest BCUT2D eigenvalue weighted by Gasteiger charge is 2.33. The van der Waals surface area contributed by atoms with Gasteiger partial charge in [-0.15, -0.1) is 0 Å². The van der Waals surface area contributed by atoms with Gasteiger partial charge in [-0.25, -0.2) is 4.98 Å². The maximum atomic E-state index is 13.1. The summed E-state index contributed by atoms with van der Waals surface area (Å²) in [6, 6.07) is 0. The molecule has 6 nitrogen and oxygen atoms in total. The SMILES string of the molecule is CCCC[C@@H]1CN(C(=O)c2cn3c(n2)CCNCC3)C[C@H](C(C)C)O1. The van der Waals surface area contributed by atoms with Gasteiger partial charge in [-0.2, -0.15) is 0 Å². The van der Waals surface area contributed by atoms with Crippen LogP contribution in [-0.4, -0.2) is 58.7 Å². The van der Waals surface area contributed by atoms with Crippen molar-refractivity contribution in [2.75, 3.05) is 26.2 Å². The first-order chi connectivity index (χ1) is 12.1. The fraction of sp³-hybridized carbons (Fsp3) is 0.789. The van der Waals surface area contributed by atoms with Crippen LogP contribution in [0, 0.1) is 5.92 Å². The third kappa shape index (κ3) is 4.42. The quantitative estimate of drug-likeness (QED) is 0.885. The molecule has 140 valence electrons. The molecule has 0 spiro atoms. The summed E-state index contributed by atoms with van der Waals surface area (Å²) >= 11 is 0. The van der Waals surface area contributed by atoms with E-state index in [1.807, 2.05) is 11.1 Å². The lowest BCUT2D eigenvalue weighted by Gasteiger charge is -2.39. The number of carbonyl (C=O) groups excluding carboxylic acids is 1. The number of rotatable bonds is 5. The third-order valence-electron chi connectivity index (χ3n) is 5.24. The van der Waals surface area contributed by atoms with Crippen LogP contribution in [0.1, 0.15) is 56.3 Å². The molecular weight excluding hydrogens is 316 g/mol. The van der Waals surface area contributed by atoms with Crippen LogP contribution >= 0.6 is 0 Å². The second-order valence-electron chi connectivity index (χ2n) is 7.63. The van der Waals surface area contributed by atoms with Crippen molar-refractivity contribution in [1.29, 1.82) is 0 Å². The van der Waals surface area contributed by atoms with Crippen LogP contribution in [-0.2, 0) is 17.7 Å². The van der Waals surface area contributed by atoms with Crippen LogP contribution in [0.15, 0.2) is 6.20 Å². The average Bonchev–Trinajstić information content (AvgIpc) is 2.89. The lowest BCUT2D eigenvalue weighted by Crippen LogP contribution is -2.51. The second-order valence-corrected chi connectivity index (χ2v) is 7.63. The summed E-state index contributed by atoms with van der Waals surface area (Å²) in [7, 11) is 0. The molecule has 25 heavy (non-hydrogen) atoms. The van der Waals surface area contributed by atoms with Crippen molar-refractivity contribution in [3.05, 3.63) is 17.7 Å². The van der Waals surface area contributed by atoms with Crippen molar-refractivity contribution >= 4 is 5.91 Å². The van der Waals surface area contributed by atoms with E-state index in [0.29, 0.717) is 24.7 Å². The Morgan fingerprint density at radius 3 is 3.00 bits per heavy atom. The van der Waals surface area contributed by atoms with E-state index in [0.717, 1.165) is 51.1 Å². The number of morpholine rings is 1. The highest BCUT2D eigenvalue weighted by Crippen LogP contribution is 2.22. The molecule has 1 aromatic rings. The molecule has 0 bridgehead atoms. The van der Waals surface area contributed by atoms with Gasteiger partial charge in [0, 0.05) is 45.3 Å². The summed E-state index contributed by atoms with van der Waals surface area (Å²) in [4.78, 5) is 19.7. The maximum absolute atomic E-state index is 13.1. The van der Waals surface area contributed by atoms with Crippen molar-refractivity contribution < 1.29 is 9.53 Å². The maximum Gasteiger partial charge on any atom is 0.274 e. The highest BCUT2D eigenvalue weighted by molar-refractivity contribution is 5.92. The summed E-state index contributed by atoms with van der Waals surface area (Å²) in [6.45, 7) is 10.6. The Hall–Kier alpha value is -1.40. The predicted octanol–water partition coefficient (Wildman–Crippen LogP) is 2.08. The van der Waals surface area contributed by atoms with Crippen LogP contribution in [0.5, 0.6) is 0 Å². The number of amides is 1. The lowest BCUT2D eigenvalue weighted by atomic mass is 10.0. The highest BCUT2D eigenvalue weighted by atomic mass is 16.5. The summed E-state index contributed by atoms with van der Waals surface area (Å²) in [5.74, 6) is 1.48. The number of ether oxygens (including phenoxy) is 1. The molecule has 0 aliphatic carbocycles. The van der Waals surface area contributed by atoms with Gasteiger partial charge in [-0.3, -0.25) is 4.79 Å². The Balaban J connectivity index is 1.73. The van der Waals surface area contributed by atoms with Gasteiger partial charge in [0.15, 0.2) is 0 Å². The van der Waals surface area contributed by atoms with Gasteiger partial charge in [0.25, 0.3) is 5.91 Å². The predicted molar refractivity (Wildman–Crippen MR) is 97.7 cm³/mol. The fourth-order valence-electron chi connectivity index (χ4n) is 3.63. The molecule has 3 heterocycles. The summed E-state index contributed by atoms with van der Waals surface area (Å²) in [6.07, 6.45) is 6.40. The molecule has 1 amide bonds. The van der Waals surface area contributed by atoms with Gasteiger partial charge in [0.05, 0.1) is 12.2 Å². The first kappa shape index (κ1) is 18.4. The molecule has 2 atom stereocenters. The van der Waals surface area contributed by atoms with Gasteiger partial charge in [-0.1, -0.05) is 33.6 Å². The molecule has 1 fully saturated rings. The minimum absolute atomic E-state index is 0.0592. The topological polar surface area (TPSA) is 59.4 Å². The molecular formula is C19H32N4O2. The average molecular weight is 348 g/mol. The van der Waals surface area contributed by atoms with Crippen molar-refractivity contribution in [2.45, 2.75) is 65.2 Å². The monoisotopic (exact) mass is 348 g/mol. The molecule has 3 rings (SSSR count). The number of nitrogens with one attached hydrogen (secondary N) is 1. The van der Waals surface area contributed by atoms with Crippen molar-refractivity contribution in [3.8, 4) is 0 Å². The zero-order chi connectivity index (χ0) is 17.8. The molecule has 0 radical (unpaired) electrons. The Bertz CT molecular complexity index is 560. The van der Waals surface area contributed by atoms with Crippen molar-refractivity contribution in [1.82, 2.24) is 19.8 Å². The first-order valence-electron chi connectivity index (χ1n) is 9.80. The van der Waals surface area contributed by atoms with E-state index >= 15 is 0 Å². The zero-order valence-corrected chi connectivity index (χ0v) is 15.8. The van der Waals surface area contributed by atoms with Crippen molar-refractivity contribution in [3.63, 3.8) is 0 Å². The molecule has 0 saturated carbocycles. The molecule has 1 N–H and O–H groups in total. The Morgan fingerprint density at radius 1 is 1.40 bits per heavy atom. The normalized spacial score (nSPS) is 24.2. The summed E-state index contributed by atoms with van der Waals surface area (Å²) in [5, 5.41) is 3.36. The molecule has 0 unspecified atom stereocenters. The molecule has 1 aromatic heterocycles. The van der Waals surface area contributed by atoms with E-state index in [-0.39, 0.29) is 18.1 Å². The fourth-order valence-corrected chi connectivity index (χ4v) is 3.63. The smallest absolute Gasteiger partial charge is 0.274 e. The van der Waals surface area contributed by atoms with Gasteiger partial charge in [-0.05, 0) is 12.3 Å². The lowest BCUT2D eigenvalue weighted by molar-refractivity contribution is -0.0963. The van der Waals surface area contributed by atoms with Crippen LogP contribution in [0.2, 0.25) is 0 Å². The van der Waals surface area contributed by atoms with Crippen LogP contribution in [0.25, 0.3) is 0 Å². The summed E-state index contributed by atoms with van der Waals surface area (Å²) < 4.78 is 8.36. The van der Waals surface area contributed by atoms with E-state index in [9.17, 15) is 4.79 Å². The molecule has 2 aliphatic rings. The number of imidazole rings is 1. The number of hydrogen-bond donors (Lipinski definition) is 1. The largest absolute Gasteiger partial charge is 0.371 e. The van der Waals surface area contributed by atoms with Gasteiger partial charge < -0.3 is 19.5 Å². The van der Waals surface area contributed by atoms with Gasteiger partial charge >= 0.3 is 0 Å². The van der Waals surface area contributed by atoms with Crippen molar-refractivity contribution in [2.24, 2.45) is 5.92 Å². The van der Waals surface area contributed by atoms with E-state index in [1.165, 1.54) is 0 Å². The number of fused-ring (bicyclic) bond motifs is 1. The third-order valence-corrected chi connectivity index (χ3v) is 5.24. The first-order valence-corrected chi connectivity index (χ1v) is 9.80. The van der Waals surface area contributed by atoms with Gasteiger partial charge in [0.2, 0.25) is 0 Å². The molecule has 2 aliphatic heterocycles. The van der Waals surface area contributed by atoms with Gasteiger partial charge in [0.1, 0.15) is 11.5 Å². The standard InChI is InChI=1S/C19H32N4O2/c1-4-5-6-15-11-23(13-17(25-15)14(2)3)19(24)16-12-22-10-9-20-8-7-18(22)21-16/h12,14-15,17,20H,4-11,13H2,1-3H3/t15-,17-/m1/s1. The van der Waals surface area contributed by atoms with E-state index in [4.69, 9.17) is 4.74 Å². The van der Waals surface area contributed by atoms with E-state index in [2.05, 4.69) is 35.6 Å². The number of carbonyl (C=O) groups is 1.